The van der Waals surface area contributed by atoms with Crippen LogP contribution in [-0.4, -0.2) is 33.5 Å². The number of nitrogens with two attached hydrogens (primary N) is 1. The average molecular weight is 243 g/mol. The lowest BCUT2D eigenvalue weighted by atomic mass is 10.1. The molecule has 0 bridgehead atoms. The van der Waals surface area contributed by atoms with Crippen LogP contribution < -0.4 is 15.2 Å². The summed E-state index contributed by atoms with van der Waals surface area (Å²) >= 11 is 0. The number of esters is 1. The predicted molar refractivity (Wildman–Crippen MR) is 60.2 cm³/mol. The van der Waals surface area contributed by atoms with Crippen molar-refractivity contribution >= 4 is 11.7 Å². The highest BCUT2D eigenvalue weighted by Crippen LogP contribution is 2.31. The van der Waals surface area contributed by atoms with Gasteiger partial charge in [-0.1, -0.05) is 0 Å². The van der Waals surface area contributed by atoms with Gasteiger partial charge in [-0.15, -0.1) is 0 Å². The van der Waals surface area contributed by atoms with Gasteiger partial charge in [-0.3, -0.25) is 0 Å². The Hall–Kier alpha value is -1.98. The fourth-order valence-corrected chi connectivity index (χ4v) is 1.27. The maximum Gasteiger partial charge on any atom is 0.340 e. The number of methoxy groups -OCH3 is 2. The third-order valence-electron chi connectivity index (χ3n) is 2.10. The quantitative estimate of drug-likeness (QED) is 0.625. The monoisotopic (exact) mass is 243 g/mol. The first-order valence-electron chi connectivity index (χ1n) is 4.88. The molecule has 0 aliphatic heterocycles. The van der Waals surface area contributed by atoms with Crippen LogP contribution in [0.3, 0.4) is 0 Å². The molecular weight excluding hydrogens is 229 g/mol. The van der Waals surface area contributed by atoms with Crippen molar-refractivity contribution < 1.29 is 23.4 Å². The van der Waals surface area contributed by atoms with Gasteiger partial charge in [0, 0.05) is 6.07 Å². The molecule has 0 atom stereocenters. The summed E-state index contributed by atoms with van der Waals surface area (Å²) < 4.78 is 26.5. The predicted octanol–water partition coefficient (Wildman–Crippen LogP) is 1.41. The molecule has 6 heteroatoms. The number of alkyl halides is 1. The summed E-state index contributed by atoms with van der Waals surface area (Å²) in [6.45, 7) is -1.05. The van der Waals surface area contributed by atoms with Crippen molar-refractivity contribution in [2.45, 2.75) is 0 Å². The molecule has 5 nitrogen and oxygen atoms in total. The van der Waals surface area contributed by atoms with Gasteiger partial charge in [-0.05, 0) is 6.07 Å². The second-order valence-corrected chi connectivity index (χ2v) is 3.12. The molecule has 1 aromatic rings. The van der Waals surface area contributed by atoms with Gasteiger partial charge >= 0.3 is 5.97 Å². The van der Waals surface area contributed by atoms with E-state index in [2.05, 4.69) is 4.74 Å². The zero-order chi connectivity index (χ0) is 12.8. The van der Waals surface area contributed by atoms with Crippen molar-refractivity contribution in [3.63, 3.8) is 0 Å². The van der Waals surface area contributed by atoms with Crippen LogP contribution in [0, 0.1) is 0 Å². The molecule has 0 aliphatic rings. The van der Waals surface area contributed by atoms with Crippen LogP contribution in [0.5, 0.6) is 11.5 Å². The minimum atomic E-state index is -0.743. The number of nitrogen functional groups attached to an aromatic ring is 1. The molecule has 94 valence electrons. The summed E-state index contributed by atoms with van der Waals surface area (Å²) in [5.74, 6) is -0.00264. The van der Waals surface area contributed by atoms with Crippen LogP contribution in [0.1, 0.15) is 10.4 Å². The molecule has 0 unspecified atom stereocenters. The maximum atomic E-state index is 11.9. The van der Waals surface area contributed by atoms with Gasteiger partial charge in [0.15, 0.2) is 0 Å². The Labute approximate surface area is 98.3 Å². The average Bonchev–Trinajstić information content (AvgIpc) is 2.36. The zero-order valence-electron chi connectivity index (χ0n) is 9.66. The molecule has 0 aromatic heterocycles. The van der Waals surface area contributed by atoms with E-state index in [1.807, 2.05) is 0 Å². The summed E-state index contributed by atoms with van der Waals surface area (Å²) in [6.07, 6.45) is 0. The molecule has 0 saturated heterocycles. The first-order chi connectivity index (χ1) is 8.13. The van der Waals surface area contributed by atoms with Crippen LogP contribution in [-0.2, 0) is 4.74 Å². The number of rotatable bonds is 5. The van der Waals surface area contributed by atoms with E-state index >= 15 is 0 Å². The summed E-state index contributed by atoms with van der Waals surface area (Å²) in [7, 11) is 2.86. The van der Waals surface area contributed by atoms with E-state index in [4.69, 9.17) is 15.2 Å². The lowest BCUT2D eigenvalue weighted by Gasteiger charge is -2.11. The molecule has 0 spiro atoms. The lowest BCUT2D eigenvalue weighted by Crippen LogP contribution is -2.11. The minimum absolute atomic E-state index is 0.0923. The Morgan fingerprint density at radius 1 is 1.35 bits per heavy atom. The summed E-state index contributed by atoms with van der Waals surface area (Å²) in [4.78, 5) is 11.6. The van der Waals surface area contributed by atoms with Crippen molar-refractivity contribution in [3.8, 4) is 11.5 Å². The Balaban J connectivity index is 3.08. The third-order valence-corrected chi connectivity index (χ3v) is 2.10. The largest absolute Gasteiger partial charge is 0.497 e. The molecule has 0 fully saturated rings. The highest BCUT2D eigenvalue weighted by atomic mass is 19.1. The second kappa shape index (κ2) is 5.93. The first-order valence-corrected chi connectivity index (χ1v) is 4.88. The van der Waals surface area contributed by atoms with E-state index < -0.39 is 12.6 Å². The Morgan fingerprint density at radius 3 is 2.59 bits per heavy atom. The molecule has 17 heavy (non-hydrogen) atoms. The van der Waals surface area contributed by atoms with E-state index in [0.717, 1.165) is 0 Å². The minimum Gasteiger partial charge on any atom is -0.497 e. The third kappa shape index (κ3) is 2.99. The van der Waals surface area contributed by atoms with Crippen LogP contribution in [0.4, 0.5) is 10.1 Å². The van der Waals surface area contributed by atoms with Crippen molar-refractivity contribution in [2.75, 3.05) is 33.2 Å². The summed E-state index contributed by atoms with van der Waals surface area (Å²) in [6, 6.07) is 2.96. The van der Waals surface area contributed by atoms with Gasteiger partial charge in [-0.2, -0.15) is 0 Å². The molecule has 0 heterocycles. The fraction of sp³-hybridized carbons (Fsp3) is 0.364. The van der Waals surface area contributed by atoms with Crippen molar-refractivity contribution in [3.05, 3.63) is 17.7 Å². The van der Waals surface area contributed by atoms with E-state index in [0.29, 0.717) is 11.5 Å². The number of halogens is 1. The SMILES string of the molecule is COc1cc(OC)c(N)c(C(=O)OCCF)c1. The van der Waals surface area contributed by atoms with E-state index in [1.54, 1.807) is 6.07 Å². The molecule has 0 saturated carbocycles. The fourth-order valence-electron chi connectivity index (χ4n) is 1.27. The Morgan fingerprint density at radius 2 is 2.06 bits per heavy atom. The highest BCUT2D eigenvalue weighted by Gasteiger charge is 2.17. The van der Waals surface area contributed by atoms with Crippen molar-refractivity contribution in [1.82, 2.24) is 0 Å². The summed E-state index contributed by atoms with van der Waals surface area (Å²) in [5, 5.41) is 0. The number of hydrogen-bond acceptors (Lipinski definition) is 5. The van der Waals surface area contributed by atoms with Crippen molar-refractivity contribution in [2.24, 2.45) is 0 Å². The number of carbonyl (C=O) groups is 1. The summed E-state index contributed by atoms with van der Waals surface area (Å²) in [5.41, 5.74) is 5.94. The van der Waals surface area contributed by atoms with Crippen LogP contribution in [0.15, 0.2) is 12.1 Å². The highest BCUT2D eigenvalue weighted by molar-refractivity contribution is 5.97. The first kappa shape index (κ1) is 13.1. The number of ether oxygens (including phenoxy) is 3. The Kier molecular flexibility index (Phi) is 4.56. The van der Waals surface area contributed by atoms with Gasteiger partial charge in [-0.25, -0.2) is 9.18 Å². The molecule has 0 radical (unpaired) electrons. The van der Waals surface area contributed by atoms with Gasteiger partial charge in [0.1, 0.15) is 24.8 Å². The zero-order valence-corrected chi connectivity index (χ0v) is 9.66. The van der Waals surface area contributed by atoms with Crippen LogP contribution in [0.25, 0.3) is 0 Å². The van der Waals surface area contributed by atoms with Gasteiger partial charge in [0.2, 0.25) is 0 Å². The topological polar surface area (TPSA) is 70.8 Å². The Bertz CT molecular complexity index is 409. The molecule has 0 aliphatic carbocycles. The molecule has 1 rings (SSSR count). The number of anilines is 1. The molecular formula is C11H14FNO4. The van der Waals surface area contributed by atoms with Crippen LogP contribution in [0.2, 0.25) is 0 Å². The second-order valence-electron chi connectivity index (χ2n) is 3.12. The van der Waals surface area contributed by atoms with Gasteiger partial charge in [0.25, 0.3) is 0 Å². The van der Waals surface area contributed by atoms with Gasteiger partial charge in [0.05, 0.1) is 25.5 Å². The lowest BCUT2D eigenvalue weighted by molar-refractivity contribution is 0.0481. The molecule has 2 N–H and O–H groups in total. The number of hydrogen-bond donors (Lipinski definition) is 1. The number of benzene rings is 1. The van der Waals surface area contributed by atoms with E-state index in [-0.39, 0.29) is 17.9 Å². The van der Waals surface area contributed by atoms with Crippen molar-refractivity contribution in [1.29, 1.82) is 0 Å². The van der Waals surface area contributed by atoms with Crippen LogP contribution >= 0.6 is 0 Å². The van der Waals surface area contributed by atoms with E-state index in [9.17, 15) is 9.18 Å². The maximum absolute atomic E-state index is 11.9. The number of carbonyl (C=O) groups excluding carboxylic acids is 1. The smallest absolute Gasteiger partial charge is 0.340 e. The van der Waals surface area contributed by atoms with E-state index in [1.165, 1.54) is 20.3 Å². The standard InChI is InChI=1S/C11H14FNO4/c1-15-7-5-8(11(14)17-4-3-12)10(13)9(6-7)16-2/h5-6H,3-4,13H2,1-2H3. The van der Waals surface area contributed by atoms with Gasteiger partial charge < -0.3 is 19.9 Å². The molecule has 1 aromatic carbocycles. The molecule has 0 amide bonds. The normalized spacial score (nSPS) is 9.82.